The fourth-order valence-electron chi connectivity index (χ4n) is 2.40. The molecule has 6 heteroatoms. The van der Waals surface area contributed by atoms with Crippen LogP contribution in [0, 0.1) is 0 Å². The van der Waals surface area contributed by atoms with Crippen LogP contribution >= 0.6 is 27.3 Å². The Kier molecular flexibility index (Phi) is 3.09. The van der Waals surface area contributed by atoms with Crippen molar-refractivity contribution in [2.75, 3.05) is 6.61 Å². The quantitative estimate of drug-likeness (QED) is 0.699. The zero-order chi connectivity index (χ0) is 13.5. The summed E-state index contributed by atoms with van der Waals surface area (Å²) in [7, 11) is 0. The Morgan fingerprint density at radius 1 is 1.40 bits per heavy atom. The summed E-state index contributed by atoms with van der Waals surface area (Å²) in [4.78, 5) is 5.58. The van der Waals surface area contributed by atoms with Gasteiger partial charge in [-0.25, -0.2) is 9.50 Å². The fourth-order valence-corrected chi connectivity index (χ4v) is 3.77. The SMILES string of the molecule is Brc1cccc(-c2cn3nc(C4CCCO4)sc3n2)c1. The molecule has 1 fully saturated rings. The molecule has 3 heterocycles. The summed E-state index contributed by atoms with van der Waals surface area (Å²) in [5, 5.41) is 5.63. The van der Waals surface area contributed by atoms with E-state index in [-0.39, 0.29) is 6.10 Å². The summed E-state index contributed by atoms with van der Waals surface area (Å²) in [5.74, 6) is 0. The maximum Gasteiger partial charge on any atom is 0.212 e. The molecule has 1 aromatic carbocycles. The lowest BCUT2D eigenvalue weighted by atomic mass is 10.2. The Morgan fingerprint density at radius 2 is 2.35 bits per heavy atom. The second-order valence-corrected chi connectivity index (χ2v) is 6.71. The van der Waals surface area contributed by atoms with Gasteiger partial charge in [-0.1, -0.05) is 39.4 Å². The lowest BCUT2D eigenvalue weighted by Gasteiger charge is -2.02. The fraction of sp³-hybridized carbons (Fsp3) is 0.286. The summed E-state index contributed by atoms with van der Waals surface area (Å²) in [6.07, 6.45) is 4.33. The molecule has 1 atom stereocenters. The molecule has 1 aliphatic rings. The second kappa shape index (κ2) is 4.95. The maximum absolute atomic E-state index is 5.67. The molecule has 0 spiro atoms. The van der Waals surface area contributed by atoms with Crippen molar-refractivity contribution in [3.8, 4) is 11.3 Å². The molecule has 0 bridgehead atoms. The Morgan fingerprint density at radius 3 is 3.10 bits per heavy atom. The van der Waals surface area contributed by atoms with E-state index in [1.807, 2.05) is 22.8 Å². The van der Waals surface area contributed by atoms with Gasteiger partial charge in [0.15, 0.2) is 0 Å². The molecule has 4 rings (SSSR count). The van der Waals surface area contributed by atoms with Crippen LogP contribution in [0.3, 0.4) is 0 Å². The Bertz CT molecular complexity index is 729. The highest BCUT2D eigenvalue weighted by Gasteiger charge is 2.22. The van der Waals surface area contributed by atoms with Gasteiger partial charge in [-0.2, -0.15) is 5.10 Å². The van der Waals surface area contributed by atoms with Crippen LogP contribution in [0.15, 0.2) is 34.9 Å². The first kappa shape index (κ1) is 12.5. The molecule has 0 saturated carbocycles. The van der Waals surface area contributed by atoms with Gasteiger partial charge in [0.25, 0.3) is 0 Å². The molecule has 102 valence electrons. The summed E-state index contributed by atoms with van der Waals surface area (Å²) in [5.41, 5.74) is 2.04. The van der Waals surface area contributed by atoms with Crippen LogP contribution in [0.1, 0.15) is 24.0 Å². The number of ether oxygens (including phenoxy) is 1. The number of nitrogens with zero attached hydrogens (tertiary/aromatic N) is 3. The number of rotatable bonds is 2. The largest absolute Gasteiger partial charge is 0.371 e. The normalized spacial score (nSPS) is 18.9. The molecular formula is C14H12BrN3OS. The molecule has 1 saturated heterocycles. The number of fused-ring (bicyclic) bond motifs is 1. The minimum Gasteiger partial charge on any atom is -0.371 e. The number of benzene rings is 1. The average Bonchev–Trinajstić information content (AvgIpc) is 3.13. The van der Waals surface area contributed by atoms with Crippen molar-refractivity contribution in [3.05, 3.63) is 39.9 Å². The monoisotopic (exact) mass is 349 g/mol. The zero-order valence-corrected chi connectivity index (χ0v) is 13.0. The third-order valence-electron chi connectivity index (χ3n) is 3.38. The van der Waals surface area contributed by atoms with Gasteiger partial charge in [0.1, 0.15) is 11.1 Å². The highest BCUT2D eigenvalue weighted by Crippen LogP contribution is 2.32. The predicted octanol–water partition coefficient (Wildman–Crippen LogP) is 4.07. The highest BCUT2D eigenvalue weighted by atomic mass is 79.9. The summed E-state index contributed by atoms with van der Waals surface area (Å²) in [6, 6.07) is 8.14. The van der Waals surface area contributed by atoms with Crippen LogP contribution in [-0.2, 0) is 4.74 Å². The highest BCUT2D eigenvalue weighted by molar-refractivity contribution is 9.10. The minimum atomic E-state index is 0.163. The number of halogens is 1. The van der Waals surface area contributed by atoms with E-state index in [1.165, 1.54) is 0 Å². The van der Waals surface area contributed by atoms with E-state index in [9.17, 15) is 0 Å². The standard InChI is InChI=1S/C14H12BrN3OS/c15-10-4-1-3-9(7-10)11-8-18-14(16-11)20-13(17-18)12-5-2-6-19-12/h1,3-4,7-8,12H,2,5-6H2. The third-order valence-corrected chi connectivity index (χ3v) is 4.89. The summed E-state index contributed by atoms with van der Waals surface area (Å²) < 4.78 is 8.58. The lowest BCUT2D eigenvalue weighted by Crippen LogP contribution is -1.95. The first-order valence-electron chi connectivity index (χ1n) is 6.53. The van der Waals surface area contributed by atoms with Gasteiger partial charge in [-0.05, 0) is 25.0 Å². The Hall–Kier alpha value is -1.24. The van der Waals surface area contributed by atoms with Crippen molar-refractivity contribution >= 4 is 32.2 Å². The van der Waals surface area contributed by atoms with Crippen LogP contribution in [0.4, 0.5) is 0 Å². The topological polar surface area (TPSA) is 39.4 Å². The van der Waals surface area contributed by atoms with Crippen LogP contribution < -0.4 is 0 Å². The van der Waals surface area contributed by atoms with Crippen LogP contribution in [0.25, 0.3) is 16.2 Å². The predicted molar refractivity (Wildman–Crippen MR) is 81.9 cm³/mol. The summed E-state index contributed by atoms with van der Waals surface area (Å²) >= 11 is 5.10. The van der Waals surface area contributed by atoms with Crippen molar-refractivity contribution in [3.63, 3.8) is 0 Å². The van der Waals surface area contributed by atoms with Crippen molar-refractivity contribution in [2.45, 2.75) is 18.9 Å². The van der Waals surface area contributed by atoms with Crippen LogP contribution in [-0.4, -0.2) is 21.2 Å². The molecule has 0 amide bonds. The smallest absolute Gasteiger partial charge is 0.212 e. The van der Waals surface area contributed by atoms with Gasteiger partial charge >= 0.3 is 0 Å². The number of imidazole rings is 1. The van der Waals surface area contributed by atoms with Gasteiger partial charge in [0, 0.05) is 16.6 Å². The molecule has 1 unspecified atom stereocenters. The van der Waals surface area contributed by atoms with E-state index in [0.717, 1.165) is 45.1 Å². The molecular weight excluding hydrogens is 338 g/mol. The van der Waals surface area contributed by atoms with Gasteiger partial charge in [-0.15, -0.1) is 0 Å². The first-order valence-corrected chi connectivity index (χ1v) is 8.14. The molecule has 20 heavy (non-hydrogen) atoms. The van der Waals surface area contributed by atoms with Crippen LogP contribution in [0.5, 0.6) is 0 Å². The average molecular weight is 350 g/mol. The van der Waals surface area contributed by atoms with Crippen molar-refractivity contribution in [1.29, 1.82) is 0 Å². The molecule has 0 N–H and O–H groups in total. The Labute approximate surface area is 128 Å². The van der Waals surface area contributed by atoms with Gasteiger partial charge in [-0.3, -0.25) is 0 Å². The third kappa shape index (κ3) is 2.17. The molecule has 0 radical (unpaired) electrons. The number of hydrogen-bond donors (Lipinski definition) is 0. The zero-order valence-electron chi connectivity index (χ0n) is 10.6. The first-order chi connectivity index (χ1) is 9.79. The molecule has 3 aromatic rings. The number of hydrogen-bond acceptors (Lipinski definition) is 4. The van der Waals surface area contributed by atoms with E-state index >= 15 is 0 Å². The van der Waals surface area contributed by atoms with E-state index in [0.29, 0.717) is 0 Å². The van der Waals surface area contributed by atoms with E-state index < -0.39 is 0 Å². The molecule has 2 aromatic heterocycles. The number of aromatic nitrogens is 3. The van der Waals surface area contributed by atoms with Crippen molar-refractivity contribution in [2.24, 2.45) is 0 Å². The molecule has 1 aliphatic heterocycles. The van der Waals surface area contributed by atoms with Gasteiger partial charge in [0.05, 0.1) is 11.9 Å². The lowest BCUT2D eigenvalue weighted by molar-refractivity contribution is 0.111. The van der Waals surface area contributed by atoms with Gasteiger partial charge < -0.3 is 4.74 Å². The maximum atomic E-state index is 5.67. The van der Waals surface area contributed by atoms with E-state index in [2.05, 4.69) is 38.1 Å². The summed E-state index contributed by atoms with van der Waals surface area (Å²) in [6.45, 7) is 0.843. The molecule has 4 nitrogen and oxygen atoms in total. The second-order valence-electron chi connectivity index (χ2n) is 4.81. The van der Waals surface area contributed by atoms with E-state index in [1.54, 1.807) is 11.3 Å². The van der Waals surface area contributed by atoms with Gasteiger partial charge in [0.2, 0.25) is 4.96 Å². The molecule has 0 aliphatic carbocycles. The minimum absolute atomic E-state index is 0.163. The van der Waals surface area contributed by atoms with E-state index in [4.69, 9.17) is 4.74 Å². The van der Waals surface area contributed by atoms with Crippen LogP contribution in [0.2, 0.25) is 0 Å². The Balaban J connectivity index is 1.71. The van der Waals surface area contributed by atoms with Crippen molar-refractivity contribution < 1.29 is 4.74 Å². The van der Waals surface area contributed by atoms with Crippen molar-refractivity contribution in [1.82, 2.24) is 14.6 Å².